The number of rotatable bonds is 10. The van der Waals surface area contributed by atoms with Gasteiger partial charge in [0.2, 0.25) is 0 Å². The predicted molar refractivity (Wildman–Crippen MR) is 179 cm³/mol. The van der Waals surface area contributed by atoms with Crippen LogP contribution in [0.2, 0.25) is 50.4 Å². The van der Waals surface area contributed by atoms with Crippen LogP contribution in [0.15, 0.2) is 0 Å². The Bertz CT molecular complexity index is 665. The number of nitrogens with one attached hydrogen (secondary N) is 2. The fourth-order valence-corrected chi connectivity index (χ4v) is 16.9. The highest BCUT2D eigenvalue weighted by Crippen LogP contribution is 2.26. The van der Waals surface area contributed by atoms with Crippen molar-refractivity contribution in [2.45, 2.75) is 89.9 Å². The third-order valence-electron chi connectivity index (χ3n) is 8.74. The van der Waals surface area contributed by atoms with Gasteiger partial charge in [-0.2, -0.15) is 0 Å². The molecule has 6 N–H and O–H groups in total. The van der Waals surface area contributed by atoms with E-state index in [4.69, 9.17) is 29.2 Å². The van der Waals surface area contributed by atoms with E-state index in [9.17, 15) is 0 Å². The van der Waals surface area contributed by atoms with Gasteiger partial charge in [0.1, 0.15) is 0 Å². The average molecular weight is 639 g/mol. The molecule has 240 valence electrons. The predicted octanol–water partition coefficient (Wildman–Crippen LogP) is 2.91. The second-order valence-corrected chi connectivity index (χ2v) is 26.9. The van der Waals surface area contributed by atoms with E-state index in [0.29, 0.717) is 0 Å². The highest BCUT2D eigenvalue weighted by atomic mass is 28.4. The van der Waals surface area contributed by atoms with Crippen molar-refractivity contribution in [2.24, 2.45) is 11.5 Å². The van der Waals surface area contributed by atoms with Crippen LogP contribution < -0.4 is 21.4 Å². The Labute approximate surface area is 251 Å². The van der Waals surface area contributed by atoms with Gasteiger partial charge in [-0.1, -0.05) is 0 Å². The maximum absolute atomic E-state index is 5.86. The summed E-state index contributed by atoms with van der Waals surface area (Å²) in [6.45, 7) is 23.2. The Morgan fingerprint density at radius 2 is 1.10 bits per heavy atom. The molecule has 0 aromatic carbocycles. The van der Waals surface area contributed by atoms with Gasteiger partial charge >= 0.3 is 0 Å². The topological polar surface area (TPSA) is 120 Å². The van der Waals surface area contributed by atoms with Crippen molar-refractivity contribution >= 4 is 33.9 Å². The summed E-state index contributed by atoms with van der Waals surface area (Å²) >= 11 is 0. The molecule has 4 unspecified atom stereocenters. The zero-order valence-corrected chi connectivity index (χ0v) is 31.4. The normalized spacial score (nSPS) is 34.0. The minimum Gasteiger partial charge on any atom is -0.406 e. The van der Waals surface area contributed by atoms with Crippen LogP contribution in [0.5, 0.6) is 0 Å². The van der Waals surface area contributed by atoms with Crippen molar-refractivity contribution in [1.82, 2.24) is 19.1 Å². The molecule has 0 aromatic heterocycles. The van der Waals surface area contributed by atoms with Gasteiger partial charge in [-0.05, 0) is 116 Å². The number of hydrogen-bond donors (Lipinski definition) is 4. The van der Waals surface area contributed by atoms with Crippen LogP contribution in [-0.2, 0) is 17.7 Å². The van der Waals surface area contributed by atoms with E-state index in [0.717, 1.165) is 45.9 Å². The Kier molecular flexibility index (Phi) is 18.9. The minimum absolute atomic E-state index is 0.756. The fourth-order valence-electron chi connectivity index (χ4n) is 6.05. The second kappa shape index (κ2) is 19.7. The molecule has 14 heteroatoms. The van der Waals surface area contributed by atoms with Crippen molar-refractivity contribution < 1.29 is 17.7 Å². The molecule has 4 fully saturated rings. The van der Waals surface area contributed by atoms with Gasteiger partial charge in [0.25, 0.3) is 33.9 Å². The van der Waals surface area contributed by atoms with Crippen molar-refractivity contribution in [3.8, 4) is 0 Å². The summed E-state index contributed by atoms with van der Waals surface area (Å²) in [5, 5.41) is 0. The van der Waals surface area contributed by atoms with E-state index in [1.165, 1.54) is 69.5 Å². The van der Waals surface area contributed by atoms with Crippen molar-refractivity contribution in [3.05, 3.63) is 0 Å². The zero-order chi connectivity index (χ0) is 30.1. The van der Waals surface area contributed by atoms with Crippen molar-refractivity contribution in [3.63, 3.8) is 0 Å². The molecule has 4 aliphatic rings. The molecule has 4 aliphatic heterocycles. The van der Waals surface area contributed by atoms with E-state index in [1.807, 2.05) is 14.2 Å². The molecule has 4 heterocycles. The molecule has 0 aliphatic carbocycles. The number of hydrogen-bond acceptors (Lipinski definition) is 10. The summed E-state index contributed by atoms with van der Waals surface area (Å²) in [4.78, 5) is 6.85. The summed E-state index contributed by atoms with van der Waals surface area (Å²) in [5.41, 5.74) is 11.1. The zero-order valence-electron chi connectivity index (χ0n) is 27.4. The third-order valence-corrected chi connectivity index (χ3v) is 23.1. The molecule has 0 radical (unpaired) electrons. The summed E-state index contributed by atoms with van der Waals surface area (Å²) < 4.78 is 27.3. The van der Waals surface area contributed by atoms with E-state index in [1.54, 1.807) is 0 Å². The Morgan fingerprint density at radius 1 is 0.625 bits per heavy atom. The molecule has 4 rings (SSSR count). The average Bonchev–Trinajstić information content (AvgIpc) is 3.72. The smallest absolute Gasteiger partial charge is 0.268 e. The van der Waals surface area contributed by atoms with Gasteiger partial charge in [-0.25, -0.2) is 0 Å². The molecule has 40 heavy (non-hydrogen) atoms. The van der Waals surface area contributed by atoms with Crippen LogP contribution in [0.25, 0.3) is 0 Å². The van der Waals surface area contributed by atoms with Gasteiger partial charge < -0.3 is 48.3 Å². The molecule has 4 saturated heterocycles. The summed E-state index contributed by atoms with van der Waals surface area (Å²) in [6, 6.07) is 5.12. The molecule has 0 amide bonds. The summed E-state index contributed by atoms with van der Waals surface area (Å²) in [6.07, 6.45) is 5.19. The van der Waals surface area contributed by atoms with Gasteiger partial charge in [0.15, 0.2) is 0 Å². The molecule has 4 atom stereocenters. The van der Waals surface area contributed by atoms with Crippen molar-refractivity contribution in [2.75, 3.05) is 79.8 Å². The highest BCUT2D eigenvalue weighted by Gasteiger charge is 2.41. The Balaban J connectivity index is 0.000000270. The molecule has 0 bridgehead atoms. The minimum atomic E-state index is -1.48. The standard InChI is InChI=1S/C8H20N2OSi.C7H18N2OSi.C6H15NOSi.C5H13NOSi/c1-3-11-12(2)8-4-6-10(12)7-5-9;1-10-11(2)7-3-5-9(11)6-4-8;1-3-8-9(2)6-4-5-7-9;1-7-8(2)5-3-4-6-8/h3-9H2,1-2H3;3-8H2,1-2H3;7H,3-6H2,1-2H3;6H,3-5H2,1-2H3. The first-order valence-electron chi connectivity index (χ1n) is 15.8. The quantitative estimate of drug-likeness (QED) is 0.266. The van der Waals surface area contributed by atoms with Crippen LogP contribution in [0.1, 0.15) is 39.5 Å². The lowest BCUT2D eigenvalue weighted by Crippen LogP contribution is -2.50. The third kappa shape index (κ3) is 13.0. The summed E-state index contributed by atoms with van der Waals surface area (Å²) in [7, 11) is -1.94. The van der Waals surface area contributed by atoms with Gasteiger partial charge in [-0.3, -0.25) is 0 Å². The number of nitrogens with zero attached hydrogens (tertiary/aromatic N) is 2. The largest absolute Gasteiger partial charge is 0.406 e. The first kappa shape index (κ1) is 38.5. The monoisotopic (exact) mass is 638 g/mol. The molecule has 10 nitrogen and oxygen atoms in total. The van der Waals surface area contributed by atoms with Crippen molar-refractivity contribution in [1.29, 1.82) is 0 Å². The van der Waals surface area contributed by atoms with Gasteiger partial charge in [0.05, 0.1) is 0 Å². The Morgan fingerprint density at radius 3 is 1.48 bits per heavy atom. The van der Waals surface area contributed by atoms with E-state index in [-0.39, 0.29) is 0 Å². The van der Waals surface area contributed by atoms with Crippen LogP contribution in [-0.4, -0.2) is 123 Å². The SMILES string of the molecule is CCO[Si]1(C)CCCN1.CCO[Si]1(C)CCCN1CCN.CO[Si]1(C)CCCN1.CO[Si]1(C)CCCN1CCN. The Hall–Kier alpha value is 0.468. The van der Waals surface area contributed by atoms with E-state index < -0.39 is 33.9 Å². The van der Waals surface area contributed by atoms with Crippen LogP contribution >= 0.6 is 0 Å². The van der Waals surface area contributed by atoms with Gasteiger partial charge in [0, 0.05) is 53.6 Å². The van der Waals surface area contributed by atoms with Crippen LogP contribution in [0, 0.1) is 0 Å². The fraction of sp³-hybridized carbons (Fsp3) is 1.00. The molecule has 0 spiro atoms. The van der Waals surface area contributed by atoms with E-state index >= 15 is 0 Å². The lowest BCUT2D eigenvalue weighted by atomic mass is 10.5. The first-order valence-corrected chi connectivity index (χ1v) is 26.1. The second-order valence-electron chi connectivity index (χ2n) is 11.9. The molecule has 0 aromatic rings. The maximum Gasteiger partial charge on any atom is 0.268 e. The maximum atomic E-state index is 5.86. The van der Waals surface area contributed by atoms with E-state index in [2.05, 4.69) is 59.1 Å². The summed E-state index contributed by atoms with van der Waals surface area (Å²) in [5.74, 6) is 0. The van der Waals surface area contributed by atoms with Crippen LogP contribution in [0.3, 0.4) is 0 Å². The molecule has 0 saturated carbocycles. The molecular formula is C26H66N6O4Si4. The number of nitrogens with two attached hydrogens (primary N) is 2. The van der Waals surface area contributed by atoms with Gasteiger partial charge in [-0.15, -0.1) is 0 Å². The first-order chi connectivity index (χ1) is 19.0. The lowest BCUT2D eigenvalue weighted by Gasteiger charge is -2.31. The lowest BCUT2D eigenvalue weighted by molar-refractivity contribution is 0.272. The highest BCUT2D eigenvalue weighted by molar-refractivity contribution is 6.71. The molecular weight excluding hydrogens is 573 g/mol. The van der Waals surface area contributed by atoms with Crippen LogP contribution in [0.4, 0.5) is 0 Å².